The largest absolute Gasteiger partial charge is 0.466 e. The molecule has 0 aliphatic carbocycles. The fourth-order valence-electron chi connectivity index (χ4n) is 10.4. The molecule has 0 aromatic heterocycles. The number of methoxy groups -OCH3 is 3. The highest BCUT2D eigenvalue weighted by atomic mass is 19.2. The van der Waals surface area contributed by atoms with Crippen LogP contribution in [-0.2, 0) is 86.0 Å². The number of nitrogens with one attached hydrogen (secondary N) is 3. The summed E-state index contributed by atoms with van der Waals surface area (Å²) in [5.74, 6) is -12.5. The van der Waals surface area contributed by atoms with Crippen molar-refractivity contribution in [3.8, 4) is 0 Å². The van der Waals surface area contributed by atoms with E-state index in [4.69, 9.17) is 33.2 Å². The molecule has 23 heteroatoms. The summed E-state index contributed by atoms with van der Waals surface area (Å²) < 4.78 is 120. The number of hydrogen-bond donors (Lipinski definition) is 3. The number of allylic oxidation sites excluding steroid dienone is 3. The van der Waals surface area contributed by atoms with Gasteiger partial charge in [0.15, 0.2) is 0 Å². The number of hydrogen-bond acceptors (Lipinski definition) is 17. The number of dihydropyridines is 3. The number of ether oxygens (including phenoxy) is 7. The predicted molar refractivity (Wildman–Crippen MR) is 275 cm³/mol. The second-order valence-electron chi connectivity index (χ2n) is 18.5. The summed E-state index contributed by atoms with van der Waals surface area (Å²) in [6.45, 7) is 12.5. The minimum absolute atomic E-state index is 0.00294. The van der Waals surface area contributed by atoms with Crippen molar-refractivity contribution in [3.05, 3.63) is 172 Å². The van der Waals surface area contributed by atoms with Gasteiger partial charge in [-0.3, -0.25) is 4.79 Å². The van der Waals surface area contributed by atoms with Gasteiger partial charge in [0, 0.05) is 42.2 Å². The Hall–Kier alpha value is -8.63. The monoisotopic (exact) mass is 1140 g/mol. The number of carbonyl (C=O) groups is 7. The Bertz CT molecular complexity index is 3200. The Kier molecular flexibility index (Phi) is 19.8. The van der Waals surface area contributed by atoms with E-state index in [9.17, 15) is 59.9 Å². The second kappa shape index (κ2) is 26.1. The molecule has 3 aromatic rings. The van der Waals surface area contributed by atoms with Crippen molar-refractivity contribution in [1.29, 1.82) is 0 Å². The van der Waals surface area contributed by atoms with Crippen LogP contribution in [0.4, 0.5) is 26.3 Å². The van der Waals surface area contributed by atoms with Gasteiger partial charge in [-0.2, -0.15) is 0 Å². The highest BCUT2D eigenvalue weighted by Gasteiger charge is 2.45. The van der Waals surface area contributed by atoms with Gasteiger partial charge >= 0.3 is 41.8 Å². The summed E-state index contributed by atoms with van der Waals surface area (Å²) in [6, 6.07) is 5.72. The van der Waals surface area contributed by atoms with Gasteiger partial charge < -0.3 is 49.1 Å². The van der Waals surface area contributed by atoms with Crippen LogP contribution in [0.3, 0.4) is 0 Å². The molecule has 0 fully saturated rings. The number of carbonyl (C=O) groups excluding carboxylic acids is 7. The number of benzene rings is 3. The van der Waals surface area contributed by atoms with E-state index in [0.29, 0.717) is 28.5 Å². The molecule has 0 spiro atoms. The third kappa shape index (κ3) is 12.6. The maximum atomic E-state index is 14.6. The highest BCUT2D eigenvalue weighted by Crippen LogP contribution is 2.46. The Morgan fingerprint density at radius 2 is 0.852 bits per heavy atom. The summed E-state index contributed by atoms with van der Waals surface area (Å²) in [5.41, 5.74) is 4.07. The van der Waals surface area contributed by atoms with Crippen molar-refractivity contribution < 1.29 is 93.1 Å². The third-order valence-electron chi connectivity index (χ3n) is 13.8. The van der Waals surface area contributed by atoms with Gasteiger partial charge in [0.1, 0.15) is 54.7 Å². The average Bonchev–Trinajstić information content (AvgIpc) is 3.95. The predicted octanol–water partition coefficient (Wildman–Crippen LogP) is 7.99. The molecule has 432 valence electrons. The minimum atomic E-state index is -1.20. The van der Waals surface area contributed by atoms with E-state index in [1.165, 1.54) is 21.1 Å². The Morgan fingerprint density at radius 3 is 1.19 bits per heavy atom. The van der Waals surface area contributed by atoms with Crippen LogP contribution < -0.4 is 16.0 Å². The Morgan fingerprint density at radius 1 is 0.506 bits per heavy atom. The van der Waals surface area contributed by atoms with Crippen molar-refractivity contribution in [2.45, 2.75) is 92.4 Å². The van der Waals surface area contributed by atoms with E-state index in [-0.39, 0.29) is 118 Å². The smallest absolute Gasteiger partial charge is 0.337 e. The van der Waals surface area contributed by atoms with Gasteiger partial charge in [-0.15, -0.1) is 0 Å². The first-order valence-electron chi connectivity index (χ1n) is 25.4. The highest BCUT2D eigenvalue weighted by molar-refractivity contribution is 6.03. The van der Waals surface area contributed by atoms with Crippen molar-refractivity contribution in [2.24, 2.45) is 0 Å². The number of rotatable bonds is 13. The summed E-state index contributed by atoms with van der Waals surface area (Å²) in [5, 5.41) is 8.82. The lowest BCUT2D eigenvalue weighted by Crippen LogP contribution is -2.35. The molecule has 0 amide bonds. The topological polar surface area (TPSA) is 220 Å². The first-order valence-corrected chi connectivity index (χ1v) is 25.4. The molecule has 0 saturated heterocycles. The quantitative estimate of drug-likeness (QED) is 0.0839. The molecule has 17 nitrogen and oxygen atoms in total. The van der Waals surface area contributed by atoms with Gasteiger partial charge in [-0.25, -0.2) is 55.1 Å². The van der Waals surface area contributed by atoms with Gasteiger partial charge in [0.05, 0.1) is 96.2 Å². The molecule has 3 N–H and O–H groups in total. The SMILES string of the molecule is CCOC(=O)C1=C(COC(C)=O)NC(C)=C(C(=O)OC)C1c1cc(F)cc(F)c1CC.CCc1c(F)cc(F)cc1[C@@H]1C(C(=O)OC)=C(C)NC2=C1C(=O)OC2.CCc1c(F)cc(F)cc1[C@H]1C(C(=O)OC)=C(C)NC2=C1C(=O)OC2. The van der Waals surface area contributed by atoms with Gasteiger partial charge in [0.2, 0.25) is 0 Å². The summed E-state index contributed by atoms with van der Waals surface area (Å²) in [7, 11) is 3.58. The Labute approximate surface area is 462 Å². The van der Waals surface area contributed by atoms with Crippen LogP contribution in [0.5, 0.6) is 0 Å². The normalized spacial score (nSPS) is 18.2. The lowest BCUT2D eigenvalue weighted by Gasteiger charge is -2.32. The zero-order chi connectivity index (χ0) is 59.9. The molecular weight excluding hydrogens is 1080 g/mol. The summed E-state index contributed by atoms with van der Waals surface area (Å²) in [4.78, 5) is 86.1. The van der Waals surface area contributed by atoms with Crippen LogP contribution in [0.25, 0.3) is 0 Å². The van der Waals surface area contributed by atoms with Crippen LogP contribution in [0.2, 0.25) is 0 Å². The van der Waals surface area contributed by atoms with Crippen LogP contribution >= 0.6 is 0 Å². The van der Waals surface area contributed by atoms with Crippen molar-refractivity contribution >= 4 is 41.8 Å². The molecule has 3 atom stereocenters. The van der Waals surface area contributed by atoms with Crippen LogP contribution in [-0.4, -0.2) is 89.5 Å². The fraction of sp³-hybridized carbons (Fsp3) is 0.362. The molecule has 5 heterocycles. The van der Waals surface area contributed by atoms with Crippen molar-refractivity contribution in [1.82, 2.24) is 16.0 Å². The molecule has 8 rings (SSSR count). The van der Waals surface area contributed by atoms with Crippen LogP contribution in [0.15, 0.2) is 104 Å². The van der Waals surface area contributed by atoms with Crippen LogP contribution in [0, 0.1) is 34.9 Å². The summed E-state index contributed by atoms with van der Waals surface area (Å²) in [6.07, 6.45) is 0.724. The zero-order valence-corrected chi connectivity index (χ0v) is 46.1. The molecule has 0 saturated carbocycles. The molecule has 5 aliphatic rings. The molecule has 5 aliphatic heterocycles. The standard InChI is InChI=1S/C22H25F2NO6.2C18H17F2NO4/c1-6-14-15(8-13(23)9-16(14)24)19-18(21(27)29-5)11(3)25-17(10-31-12(4)26)20(19)22(28)30-7-2;2*1-4-10-11(5-9(19)6-12(10)20)15-14(17(22)24-3)8(2)21-13-7-25-18(23)16(13)15/h8-9,19,25H,6-7,10H2,1-5H3;2*5-6,15,21H,4,7H2,1-3H3/t;2*15-/m.10/s1. The van der Waals surface area contributed by atoms with E-state index in [2.05, 4.69) is 16.0 Å². The number of esters is 7. The number of cyclic esters (lactones) is 2. The zero-order valence-electron chi connectivity index (χ0n) is 46.1. The van der Waals surface area contributed by atoms with Gasteiger partial charge in [-0.05, 0) is 98.5 Å². The van der Waals surface area contributed by atoms with E-state index in [1.807, 2.05) is 0 Å². The first-order chi connectivity index (χ1) is 38.4. The molecule has 1 unspecified atom stereocenters. The lowest BCUT2D eigenvalue weighted by atomic mass is 9.78. The molecule has 3 aromatic carbocycles. The van der Waals surface area contributed by atoms with E-state index < -0.39 is 94.4 Å². The molecule has 0 bridgehead atoms. The van der Waals surface area contributed by atoms with E-state index in [1.54, 1.807) is 48.5 Å². The third-order valence-corrected chi connectivity index (χ3v) is 13.8. The average molecular weight is 1140 g/mol. The van der Waals surface area contributed by atoms with E-state index >= 15 is 0 Å². The van der Waals surface area contributed by atoms with Crippen molar-refractivity contribution in [2.75, 3.05) is 47.8 Å². The number of halogens is 6. The first kappa shape index (κ1) is 61.6. The maximum Gasteiger partial charge on any atom is 0.337 e. The second-order valence-corrected chi connectivity index (χ2v) is 18.5. The van der Waals surface area contributed by atoms with E-state index in [0.717, 1.165) is 43.5 Å². The van der Waals surface area contributed by atoms with Gasteiger partial charge in [0.25, 0.3) is 0 Å². The molecular formula is C58H59F6N3O14. The Balaban J connectivity index is 0.000000197. The summed E-state index contributed by atoms with van der Waals surface area (Å²) >= 11 is 0. The van der Waals surface area contributed by atoms with Crippen molar-refractivity contribution in [3.63, 3.8) is 0 Å². The maximum absolute atomic E-state index is 14.6. The molecule has 81 heavy (non-hydrogen) atoms. The molecule has 0 radical (unpaired) electrons. The van der Waals surface area contributed by atoms with Gasteiger partial charge in [-0.1, -0.05) is 20.8 Å². The fourth-order valence-corrected chi connectivity index (χ4v) is 10.4. The minimum Gasteiger partial charge on any atom is -0.466 e. The lowest BCUT2D eigenvalue weighted by molar-refractivity contribution is -0.142. The van der Waals surface area contributed by atoms with Crippen LogP contribution in [0.1, 0.15) is 107 Å².